The van der Waals surface area contributed by atoms with Gasteiger partial charge in [-0.3, -0.25) is 4.79 Å². The van der Waals surface area contributed by atoms with Crippen molar-refractivity contribution in [2.75, 3.05) is 6.54 Å². The lowest BCUT2D eigenvalue weighted by Gasteiger charge is -2.05. The van der Waals surface area contributed by atoms with Gasteiger partial charge in [-0.25, -0.2) is 0 Å². The second kappa shape index (κ2) is 8.33. The standard InChI is InChI=1S/C20H20ClN3O3/c1-12(2)14-4-6-15(7-5-14)20-23-19(24-27-20)16-8-3-13(9-17(16)21)11-26-18(25)10-22/h3-9,12H,10-11,22H2,1-2H3. The summed E-state index contributed by atoms with van der Waals surface area (Å²) in [4.78, 5) is 15.6. The van der Waals surface area contributed by atoms with Gasteiger partial charge in [-0.2, -0.15) is 4.98 Å². The van der Waals surface area contributed by atoms with Crippen molar-refractivity contribution in [2.45, 2.75) is 26.4 Å². The maximum Gasteiger partial charge on any atom is 0.320 e. The van der Waals surface area contributed by atoms with Gasteiger partial charge in [0.15, 0.2) is 0 Å². The van der Waals surface area contributed by atoms with Gasteiger partial charge in [-0.1, -0.05) is 48.8 Å². The molecule has 140 valence electrons. The number of hydrogen-bond acceptors (Lipinski definition) is 6. The van der Waals surface area contributed by atoms with Gasteiger partial charge in [0.2, 0.25) is 5.82 Å². The molecule has 1 aromatic heterocycles. The number of aromatic nitrogens is 2. The summed E-state index contributed by atoms with van der Waals surface area (Å²) in [5.74, 6) is 0.811. The van der Waals surface area contributed by atoms with Crippen LogP contribution in [0.3, 0.4) is 0 Å². The predicted molar refractivity (Wildman–Crippen MR) is 103 cm³/mol. The van der Waals surface area contributed by atoms with E-state index in [9.17, 15) is 4.79 Å². The van der Waals surface area contributed by atoms with Crippen LogP contribution in [0.15, 0.2) is 47.0 Å². The number of carbonyl (C=O) groups is 1. The topological polar surface area (TPSA) is 91.2 Å². The molecule has 0 aliphatic rings. The molecule has 0 saturated heterocycles. The van der Waals surface area contributed by atoms with Crippen molar-refractivity contribution in [3.8, 4) is 22.8 Å². The smallest absolute Gasteiger partial charge is 0.320 e. The number of esters is 1. The van der Waals surface area contributed by atoms with Crippen molar-refractivity contribution in [2.24, 2.45) is 5.73 Å². The van der Waals surface area contributed by atoms with Crippen LogP contribution in [-0.2, 0) is 16.1 Å². The Morgan fingerprint density at radius 1 is 1.22 bits per heavy atom. The molecule has 2 N–H and O–H groups in total. The third-order valence-corrected chi connectivity index (χ3v) is 4.40. The van der Waals surface area contributed by atoms with Crippen molar-refractivity contribution >= 4 is 17.6 Å². The van der Waals surface area contributed by atoms with Crippen molar-refractivity contribution in [1.29, 1.82) is 0 Å². The van der Waals surface area contributed by atoms with Gasteiger partial charge in [0.05, 0.1) is 11.6 Å². The fourth-order valence-electron chi connectivity index (χ4n) is 2.51. The summed E-state index contributed by atoms with van der Waals surface area (Å²) in [5.41, 5.74) is 8.69. The highest BCUT2D eigenvalue weighted by Crippen LogP contribution is 2.29. The zero-order valence-corrected chi connectivity index (χ0v) is 15.9. The van der Waals surface area contributed by atoms with E-state index in [0.717, 1.165) is 11.1 Å². The van der Waals surface area contributed by atoms with Crippen molar-refractivity contribution in [3.05, 3.63) is 58.6 Å². The normalized spacial score (nSPS) is 11.0. The van der Waals surface area contributed by atoms with E-state index in [1.165, 1.54) is 5.56 Å². The third kappa shape index (κ3) is 4.53. The first-order valence-electron chi connectivity index (χ1n) is 8.56. The van der Waals surface area contributed by atoms with E-state index >= 15 is 0 Å². The zero-order valence-electron chi connectivity index (χ0n) is 15.1. The Morgan fingerprint density at radius 2 is 1.96 bits per heavy atom. The van der Waals surface area contributed by atoms with Crippen molar-refractivity contribution in [3.63, 3.8) is 0 Å². The van der Waals surface area contributed by atoms with Gasteiger partial charge < -0.3 is 15.0 Å². The number of ether oxygens (including phenoxy) is 1. The molecule has 0 aliphatic heterocycles. The Morgan fingerprint density at radius 3 is 2.59 bits per heavy atom. The molecule has 0 bridgehead atoms. The predicted octanol–water partition coefficient (Wildman–Crippen LogP) is 4.18. The van der Waals surface area contributed by atoms with E-state index in [2.05, 4.69) is 24.0 Å². The molecule has 3 aromatic rings. The average molecular weight is 386 g/mol. The third-order valence-electron chi connectivity index (χ3n) is 4.09. The molecule has 6 nitrogen and oxygen atoms in total. The Kier molecular flexibility index (Phi) is 5.88. The summed E-state index contributed by atoms with van der Waals surface area (Å²) in [5, 5.41) is 4.47. The van der Waals surface area contributed by atoms with E-state index in [0.29, 0.717) is 28.2 Å². The first kappa shape index (κ1) is 19.1. The number of halogens is 1. The van der Waals surface area contributed by atoms with E-state index in [1.807, 2.05) is 24.3 Å². The van der Waals surface area contributed by atoms with Crippen LogP contribution in [0.4, 0.5) is 0 Å². The summed E-state index contributed by atoms with van der Waals surface area (Å²) < 4.78 is 10.4. The number of nitrogens with zero attached hydrogens (tertiary/aromatic N) is 2. The molecule has 1 heterocycles. The van der Waals surface area contributed by atoms with Crippen LogP contribution in [0.5, 0.6) is 0 Å². The fourth-order valence-corrected chi connectivity index (χ4v) is 2.80. The quantitative estimate of drug-likeness (QED) is 0.640. The fraction of sp³-hybridized carbons (Fsp3) is 0.250. The minimum Gasteiger partial charge on any atom is -0.460 e. The van der Waals surface area contributed by atoms with Crippen LogP contribution in [-0.4, -0.2) is 22.7 Å². The van der Waals surface area contributed by atoms with Gasteiger partial charge in [0.1, 0.15) is 6.61 Å². The zero-order chi connectivity index (χ0) is 19.4. The molecular weight excluding hydrogens is 366 g/mol. The van der Waals surface area contributed by atoms with Gasteiger partial charge in [0.25, 0.3) is 5.89 Å². The van der Waals surface area contributed by atoms with Crippen LogP contribution in [0.25, 0.3) is 22.8 Å². The maximum absolute atomic E-state index is 11.1. The summed E-state index contributed by atoms with van der Waals surface area (Å²) >= 11 is 6.34. The van der Waals surface area contributed by atoms with Crippen molar-refractivity contribution in [1.82, 2.24) is 10.1 Å². The second-order valence-electron chi connectivity index (χ2n) is 6.38. The van der Waals surface area contributed by atoms with Crippen molar-refractivity contribution < 1.29 is 14.1 Å². The number of benzene rings is 2. The monoisotopic (exact) mass is 385 g/mol. The molecule has 27 heavy (non-hydrogen) atoms. The molecule has 0 aliphatic carbocycles. The summed E-state index contributed by atoms with van der Waals surface area (Å²) in [7, 11) is 0. The highest BCUT2D eigenvalue weighted by atomic mass is 35.5. The first-order valence-corrected chi connectivity index (χ1v) is 8.94. The molecule has 0 spiro atoms. The first-order chi connectivity index (χ1) is 13.0. The minimum atomic E-state index is -0.471. The molecule has 0 atom stereocenters. The van der Waals surface area contributed by atoms with Crippen LogP contribution in [0.1, 0.15) is 30.9 Å². The Hall–Kier alpha value is -2.70. The van der Waals surface area contributed by atoms with E-state index in [1.54, 1.807) is 18.2 Å². The SMILES string of the molecule is CC(C)c1ccc(-c2nc(-c3ccc(COC(=O)CN)cc3Cl)no2)cc1. The lowest BCUT2D eigenvalue weighted by Crippen LogP contribution is -2.16. The number of rotatable bonds is 6. The molecular formula is C20H20ClN3O3. The number of carbonyl (C=O) groups excluding carboxylic acids is 1. The molecule has 2 aromatic carbocycles. The lowest BCUT2D eigenvalue weighted by molar-refractivity contribution is -0.143. The highest BCUT2D eigenvalue weighted by molar-refractivity contribution is 6.33. The van der Waals surface area contributed by atoms with E-state index in [4.69, 9.17) is 26.6 Å². The second-order valence-corrected chi connectivity index (χ2v) is 6.79. The molecule has 0 unspecified atom stereocenters. The van der Waals surface area contributed by atoms with Crippen LogP contribution >= 0.6 is 11.6 Å². The summed E-state index contributed by atoms with van der Waals surface area (Å²) in [6.07, 6.45) is 0. The van der Waals surface area contributed by atoms with Crippen LogP contribution in [0, 0.1) is 0 Å². The molecule has 0 saturated carbocycles. The minimum absolute atomic E-state index is 0.107. The Balaban J connectivity index is 1.78. The van der Waals surface area contributed by atoms with Crippen LogP contribution < -0.4 is 5.73 Å². The van der Waals surface area contributed by atoms with Crippen LogP contribution in [0.2, 0.25) is 5.02 Å². The molecule has 3 rings (SSSR count). The Bertz CT molecular complexity index is 936. The average Bonchev–Trinajstić information content (AvgIpc) is 3.16. The molecule has 0 fully saturated rings. The van der Waals surface area contributed by atoms with Gasteiger partial charge >= 0.3 is 5.97 Å². The van der Waals surface area contributed by atoms with E-state index < -0.39 is 5.97 Å². The maximum atomic E-state index is 11.1. The molecule has 0 amide bonds. The highest BCUT2D eigenvalue weighted by Gasteiger charge is 2.14. The molecule has 7 heteroatoms. The van der Waals surface area contributed by atoms with E-state index in [-0.39, 0.29) is 13.2 Å². The Labute approximate surface area is 162 Å². The molecule has 0 radical (unpaired) electrons. The van der Waals surface area contributed by atoms with Gasteiger partial charge in [0, 0.05) is 11.1 Å². The summed E-state index contributed by atoms with van der Waals surface area (Å²) in [6, 6.07) is 13.3. The van der Waals surface area contributed by atoms with Gasteiger partial charge in [-0.15, -0.1) is 0 Å². The number of hydrogen-bond donors (Lipinski definition) is 1. The summed E-state index contributed by atoms with van der Waals surface area (Å²) in [6.45, 7) is 4.23. The lowest BCUT2D eigenvalue weighted by atomic mass is 10.0. The largest absolute Gasteiger partial charge is 0.460 e. The van der Waals surface area contributed by atoms with Gasteiger partial charge in [-0.05, 0) is 41.3 Å². The number of nitrogens with two attached hydrogens (primary N) is 1.